The van der Waals surface area contributed by atoms with Crippen LogP contribution in [0.5, 0.6) is 0 Å². The lowest BCUT2D eigenvalue weighted by Crippen LogP contribution is -2.20. The van der Waals surface area contributed by atoms with Gasteiger partial charge in [-0.3, -0.25) is 9.59 Å². The highest BCUT2D eigenvalue weighted by molar-refractivity contribution is 7.90. The molecule has 0 aromatic heterocycles. The molecule has 0 spiro atoms. The van der Waals surface area contributed by atoms with Crippen molar-refractivity contribution in [3.8, 4) is 0 Å². The average molecular weight is 228 g/mol. The summed E-state index contributed by atoms with van der Waals surface area (Å²) >= 11 is 0. The van der Waals surface area contributed by atoms with Crippen molar-refractivity contribution < 1.29 is 18.0 Å². The van der Waals surface area contributed by atoms with E-state index in [9.17, 15) is 13.2 Å². The molecule has 0 aliphatic carbocycles. The molecule has 0 unspecified atom stereocenters. The van der Waals surface area contributed by atoms with Crippen LogP contribution in [-0.2, 0) is 14.8 Å². The number of hydrogen-bond acceptors (Lipinski definition) is 4. The molecule has 1 heterocycles. The molecular weight excluding hydrogens is 220 g/mol. The van der Waals surface area contributed by atoms with Gasteiger partial charge in [-0.05, 0) is 12.1 Å². The molecule has 1 aromatic carbocycles. The van der Waals surface area contributed by atoms with Gasteiger partial charge in [-0.1, -0.05) is 12.1 Å². The molecule has 0 saturated carbocycles. The third-order valence-electron chi connectivity index (χ3n) is 1.65. The first-order valence-corrected chi connectivity index (χ1v) is 5.33. The summed E-state index contributed by atoms with van der Waals surface area (Å²) in [6.07, 6.45) is 0.250. The lowest BCUT2D eigenvalue weighted by Gasteiger charge is -1.91. The smallest absolute Gasteiger partial charge is 0.266 e. The van der Waals surface area contributed by atoms with E-state index in [0.717, 1.165) is 0 Å². The predicted octanol–water partition coefficient (Wildman–Crippen LogP) is -0.780. The largest absolute Gasteiger partial charge is 0.372 e. The van der Waals surface area contributed by atoms with Crippen LogP contribution < -0.4 is 10.5 Å². The van der Waals surface area contributed by atoms with E-state index in [4.69, 9.17) is 4.79 Å². The maximum absolute atomic E-state index is 11.1. The Morgan fingerprint density at radius 3 is 2.33 bits per heavy atom. The number of rotatable bonds is 0. The lowest BCUT2D eigenvalue weighted by molar-refractivity contribution is -0.106. The van der Waals surface area contributed by atoms with Crippen LogP contribution in [0.1, 0.15) is 10.4 Å². The van der Waals surface area contributed by atoms with Gasteiger partial charge in [0, 0.05) is 0 Å². The van der Waals surface area contributed by atoms with Gasteiger partial charge in [0.2, 0.25) is 6.41 Å². The molecule has 1 aliphatic rings. The number of benzene rings is 1. The molecular formula is C8H8N2O4S. The van der Waals surface area contributed by atoms with Crippen molar-refractivity contribution in [2.24, 2.45) is 5.73 Å². The Balaban J connectivity index is 0.000000337. The molecule has 0 bridgehead atoms. The zero-order valence-corrected chi connectivity index (χ0v) is 8.32. The van der Waals surface area contributed by atoms with Gasteiger partial charge >= 0.3 is 0 Å². The van der Waals surface area contributed by atoms with Crippen LogP contribution in [0, 0.1) is 0 Å². The predicted molar refractivity (Wildman–Crippen MR) is 51.3 cm³/mol. The molecule has 0 saturated heterocycles. The van der Waals surface area contributed by atoms with Gasteiger partial charge in [0.1, 0.15) is 4.90 Å². The highest BCUT2D eigenvalue weighted by Gasteiger charge is 2.31. The number of hydrogen-bond donors (Lipinski definition) is 2. The van der Waals surface area contributed by atoms with E-state index in [1.807, 2.05) is 4.72 Å². The van der Waals surface area contributed by atoms with Gasteiger partial charge in [-0.25, -0.2) is 13.1 Å². The van der Waals surface area contributed by atoms with Crippen molar-refractivity contribution in [1.82, 2.24) is 4.72 Å². The molecule has 80 valence electrons. The second-order valence-corrected chi connectivity index (χ2v) is 4.22. The van der Waals surface area contributed by atoms with Crippen LogP contribution >= 0.6 is 0 Å². The third kappa shape index (κ3) is 2.13. The first kappa shape index (κ1) is 11.2. The van der Waals surface area contributed by atoms with Crippen LogP contribution in [0.3, 0.4) is 0 Å². The highest BCUT2D eigenvalue weighted by Crippen LogP contribution is 2.20. The summed E-state index contributed by atoms with van der Waals surface area (Å²) in [6, 6.07) is 6.09. The fraction of sp³-hybridized carbons (Fsp3) is 0. The maximum atomic E-state index is 11.1. The van der Waals surface area contributed by atoms with E-state index in [1.54, 1.807) is 12.1 Å². The van der Waals surface area contributed by atoms with E-state index < -0.39 is 15.9 Å². The van der Waals surface area contributed by atoms with Crippen molar-refractivity contribution in [1.29, 1.82) is 0 Å². The molecule has 0 fully saturated rings. The minimum atomic E-state index is -3.55. The van der Waals surface area contributed by atoms with Crippen LogP contribution in [0.25, 0.3) is 0 Å². The van der Waals surface area contributed by atoms with E-state index >= 15 is 0 Å². The Morgan fingerprint density at radius 1 is 1.27 bits per heavy atom. The molecule has 1 aromatic rings. The van der Waals surface area contributed by atoms with Gasteiger partial charge in [-0.15, -0.1) is 0 Å². The van der Waals surface area contributed by atoms with Gasteiger partial charge in [-0.2, -0.15) is 0 Å². The molecule has 2 rings (SSSR count). The van der Waals surface area contributed by atoms with E-state index in [1.165, 1.54) is 12.1 Å². The fourth-order valence-electron chi connectivity index (χ4n) is 1.12. The number of carbonyl (C=O) groups excluding carboxylic acids is 2. The monoisotopic (exact) mass is 228 g/mol. The van der Waals surface area contributed by atoms with Crippen molar-refractivity contribution in [2.45, 2.75) is 4.90 Å². The molecule has 0 radical (unpaired) electrons. The molecule has 2 amide bonds. The minimum Gasteiger partial charge on any atom is -0.372 e. The summed E-state index contributed by atoms with van der Waals surface area (Å²) in [5, 5.41) is 0. The quantitative estimate of drug-likeness (QED) is 0.568. The number of nitrogens with two attached hydrogens (primary N) is 1. The fourth-order valence-corrected chi connectivity index (χ4v) is 2.29. The van der Waals surface area contributed by atoms with E-state index in [0.29, 0.717) is 0 Å². The highest BCUT2D eigenvalue weighted by atomic mass is 32.2. The van der Waals surface area contributed by atoms with Crippen LogP contribution in [0.15, 0.2) is 29.2 Å². The summed E-state index contributed by atoms with van der Waals surface area (Å²) in [5.74, 6) is -0.550. The minimum absolute atomic E-state index is 0.0648. The molecule has 7 heteroatoms. The first-order valence-electron chi connectivity index (χ1n) is 3.84. The second-order valence-electron chi connectivity index (χ2n) is 2.57. The zero-order chi connectivity index (χ0) is 11.5. The Hall–Kier alpha value is -1.89. The summed E-state index contributed by atoms with van der Waals surface area (Å²) in [7, 11) is -3.55. The molecule has 15 heavy (non-hydrogen) atoms. The SMILES string of the molecule is NC=O.O=C1NS(=O)(=O)c2ccccc21. The van der Waals surface area contributed by atoms with Gasteiger partial charge in [0.15, 0.2) is 0 Å². The number of nitrogens with one attached hydrogen (secondary N) is 1. The maximum Gasteiger partial charge on any atom is 0.266 e. The number of sulfonamides is 1. The summed E-state index contributed by atoms with van der Waals surface area (Å²) in [5.41, 5.74) is 4.39. The van der Waals surface area contributed by atoms with E-state index in [-0.39, 0.29) is 16.9 Å². The number of fused-ring (bicyclic) bond motifs is 1. The van der Waals surface area contributed by atoms with Gasteiger partial charge < -0.3 is 5.73 Å². The summed E-state index contributed by atoms with van der Waals surface area (Å²) < 4.78 is 24.2. The van der Waals surface area contributed by atoms with Crippen molar-refractivity contribution in [3.05, 3.63) is 29.8 Å². The van der Waals surface area contributed by atoms with Gasteiger partial charge in [0.05, 0.1) is 5.56 Å². The second kappa shape index (κ2) is 4.09. The average Bonchev–Trinajstić information content (AvgIpc) is 2.40. The van der Waals surface area contributed by atoms with Crippen molar-refractivity contribution >= 4 is 22.3 Å². The normalized spacial score (nSPS) is 15.6. The van der Waals surface area contributed by atoms with Crippen LogP contribution in [-0.4, -0.2) is 20.7 Å². The van der Waals surface area contributed by atoms with Crippen molar-refractivity contribution in [2.75, 3.05) is 0 Å². The zero-order valence-electron chi connectivity index (χ0n) is 7.51. The molecule has 0 atom stereocenters. The number of amides is 2. The Morgan fingerprint density at radius 2 is 1.80 bits per heavy atom. The summed E-state index contributed by atoms with van der Waals surface area (Å²) in [4.78, 5) is 19.6. The van der Waals surface area contributed by atoms with Crippen molar-refractivity contribution in [3.63, 3.8) is 0 Å². The Kier molecular flexibility index (Phi) is 3.05. The van der Waals surface area contributed by atoms with Crippen LogP contribution in [0.4, 0.5) is 0 Å². The molecule has 6 nitrogen and oxygen atoms in total. The van der Waals surface area contributed by atoms with E-state index in [2.05, 4.69) is 5.73 Å². The Labute approximate surface area is 86.1 Å². The number of carbonyl (C=O) groups is 2. The number of primary amides is 1. The van der Waals surface area contributed by atoms with Crippen LogP contribution in [0.2, 0.25) is 0 Å². The molecule has 1 aliphatic heterocycles. The third-order valence-corrected chi connectivity index (χ3v) is 3.04. The lowest BCUT2D eigenvalue weighted by atomic mass is 10.2. The Bertz CT molecular complexity index is 495. The first-order chi connectivity index (χ1) is 7.03. The standard InChI is InChI=1S/C7H5NO3S.CH3NO/c9-7-5-3-1-2-4-6(5)12(10,11)8-7;2-1-3/h1-4H,(H,8,9);1H,(H2,2,3). The summed E-state index contributed by atoms with van der Waals surface area (Å²) in [6.45, 7) is 0. The molecule has 3 N–H and O–H groups in total. The topological polar surface area (TPSA) is 106 Å². The van der Waals surface area contributed by atoms with Gasteiger partial charge in [0.25, 0.3) is 15.9 Å².